The molecule has 1 saturated heterocycles. The molecular formula is C20H28N2O4. The Morgan fingerprint density at radius 1 is 1.23 bits per heavy atom. The minimum absolute atomic E-state index is 0.196. The van der Waals surface area contributed by atoms with Crippen molar-refractivity contribution in [3.05, 3.63) is 35.4 Å². The van der Waals surface area contributed by atoms with E-state index in [1.54, 1.807) is 0 Å². The SMILES string of the molecule is CC1(NC(=O)c2ccc(CN3CCOCC3)cc2)CCCCC1C(=O)O. The first-order valence-corrected chi connectivity index (χ1v) is 9.42. The Balaban J connectivity index is 1.63. The molecule has 2 atom stereocenters. The molecular weight excluding hydrogens is 332 g/mol. The van der Waals surface area contributed by atoms with Gasteiger partial charge in [0, 0.05) is 25.2 Å². The lowest BCUT2D eigenvalue weighted by molar-refractivity contribution is -0.145. The second-order valence-electron chi connectivity index (χ2n) is 7.59. The van der Waals surface area contributed by atoms with Crippen LogP contribution in [0.15, 0.2) is 24.3 Å². The Bertz CT molecular complexity index is 640. The summed E-state index contributed by atoms with van der Waals surface area (Å²) in [6.07, 6.45) is 3.16. The Kier molecular flexibility index (Phi) is 5.94. The van der Waals surface area contributed by atoms with Crippen molar-refractivity contribution in [1.82, 2.24) is 10.2 Å². The van der Waals surface area contributed by atoms with E-state index in [2.05, 4.69) is 10.2 Å². The second kappa shape index (κ2) is 8.18. The molecule has 1 aromatic rings. The van der Waals surface area contributed by atoms with Crippen LogP contribution in [0.5, 0.6) is 0 Å². The van der Waals surface area contributed by atoms with Crippen molar-refractivity contribution >= 4 is 11.9 Å². The highest BCUT2D eigenvalue weighted by Gasteiger charge is 2.42. The summed E-state index contributed by atoms with van der Waals surface area (Å²) in [5.41, 5.74) is 1.05. The summed E-state index contributed by atoms with van der Waals surface area (Å²) in [4.78, 5) is 26.5. The number of nitrogens with one attached hydrogen (secondary N) is 1. The van der Waals surface area contributed by atoms with Crippen molar-refractivity contribution in [3.63, 3.8) is 0 Å². The van der Waals surface area contributed by atoms with Crippen LogP contribution in [-0.4, -0.2) is 53.7 Å². The molecule has 3 rings (SSSR count). The van der Waals surface area contributed by atoms with Gasteiger partial charge in [-0.1, -0.05) is 25.0 Å². The fourth-order valence-electron chi connectivity index (χ4n) is 3.99. The van der Waals surface area contributed by atoms with E-state index in [4.69, 9.17) is 4.74 Å². The van der Waals surface area contributed by atoms with E-state index < -0.39 is 17.4 Å². The number of carbonyl (C=O) groups excluding carboxylic acids is 1. The normalized spacial score (nSPS) is 27.0. The predicted octanol–water partition coefficient (Wildman–Crippen LogP) is 2.28. The minimum atomic E-state index is -0.826. The summed E-state index contributed by atoms with van der Waals surface area (Å²) in [5, 5.41) is 12.5. The molecule has 2 fully saturated rings. The molecule has 2 unspecified atom stereocenters. The number of carbonyl (C=O) groups is 2. The first-order valence-electron chi connectivity index (χ1n) is 9.42. The van der Waals surface area contributed by atoms with Crippen LogP contribution < -0.4 is 5.32 Å². The number of hydrogen-bond acceptors (Lipinski definition) is 4. The molecule has 142 valence electrons. The van der Waals surface area contributed by atoms with Gasteiger partial charge in [0.25, 0.3) is 5.91 Å². The highest BCUT2D eigenvalue weighted by molar-refractivity contribution is 5.95. The van der Waals surface area contributed by atoms with Crippen molar-refractivity contribution in [1.29, 1.82) is 0 Å². The number of benzene rings is 1. The molecule has 6 heteroatoms. The molecule has 1 amide bonds. The van der Waals surface area contributed by atoms with Gasteiger partial charge in [-0.15, -0.1) is 0 Å². The van der Waals surface area contributed by atoms with Gasteiger partial charge in [0.15, 0.2) is 0 Å². The highest BCUT2D eigenvalue weighted by Crippen LogP contribution is 2.34. The first-order chi connectivity index (χ1) is 12.5. The molecule has 0 aromatic heterocycles. The van der Waals surface area contributed by atoms with E-state index in [9.17, 15) is 14.7 Å². The van der Waals surface area contributed by atoms with Gasteiger partial charge < -0.3 is 15.2 Å². The lowest BCUT2D eigenvalue weighted by atomic mass is 9.73. The molecule has 1 aliphatic heterocycles. The predicted molar refractivity (Wildman–Crippen MR) is 98.0 cm³/mol. The van der Waals surface area contributed by atoms with Crippen LogP contribution in [0.25, 0.3) is 0 Å². The van der Waals surface area contributed by atoms with Gasteiger partial charge in [-0.3, -0.25) is 14.5 Å². The fraction of sp³-hybridized carbons (Fsp3) is 0.600. The maximum Gasteiger partial charge on any atom is 0.308 e. The number of ether oxygens (including phenoxy) is 1. The number of hydrogen-bond donors (Lipinski definition) is 2. The highest BCUT2D eigenvalue weighted by atomic mass is 16.5. The van der Waals surface area contributed by atoms with Crippen LogP contribution in [-0.2, 0) is 16.1 Å². The molecule has 0 radical (unpaired) electrons. The third-order valence-electron chi connectivity index (χ3n) is 5.63. The monoisotopic (exact) mass is 360 g/mol. The molecule has 1 heterocycles. The third kappa shape index (κ3) is 4.43. The zero-order valence-corrected chi connectivity index (χ0v) is 15.4. The number of amides is 1. The van der Waals surface area contributed by atoms with E-state index in [1.165, 1.54) is 0 Å². The average Bonchev–Trinajstić information content (AvgIpc) is 2.63. The van der Waals surface area contributed by atoms with E-state index >= 15 is 0 Å². The molecule has 26 heavy (non-hydrogen) atoms. The maximum absolute atomic E-state index is 12.7. The second-order valence-corrected chi connectivity index (χ2v) is 7.59. The van der Waals surface area contributed by atoms with Gasteiger partial charge in [-0.25, -0.2) is 0 Å². The minimum Gasteiger partial charge on any atom is -0.481 e. The summed E-state index contributed by atoms with van der Waals surface area (Å²) in [6.45, 7) is 6.10. The lowest BCUT2D eigenvalue weighted by Gasteiger charge is -2.39. The Morgan fingerprint density at radius 2 is 1.92 bits per heavy atom. The summed E-state index contributed by atoms with van der Waals surface area (Å²) in [5.74, 6) is -1.55. The lowest BCUT2D eigenvalue weighted by Crippen LogP contribution is -2.55. The molecule has 2 aliphatic rings. The van der Waals surface area contributed by atoms with Crippen LogP contribution in [0.3, 0.4) is 0 Å². The van der Waals surface area contributed by atoms with Crippen LogP contribution in [0.2, 0.25) is 0 Å². The number of aliphatic carboxylic acids is 1. The van der Waals surface area contributed by atoms with Crippen LogP contribution in [0.1, 0.15) is 48.5 Å². The van der Waals surface area contributed by atoms with Crippen molar-refractivity contribution in [3.8, 4) is 0 Å². The Morgan fingerprint density at radius 3 is 2.58 bits per heavy atom. The molecule has 2 N–H and O–H groups in total. The summed E-state index contributed by atoms with van der Waals surface area (Å²) in [6, 6.07) is 7.60. The van der Waals surface area contributed by atoms with Gasteiger partial charge in [0.1, 0.15) is 0 Å². The number of carboxylic acids is 1. The smallest absolute Gasteiger partial charge is 0.308 e. The largest absolute Gasteiger partial charge is 0.481 e. The van der Waals surface area contributed by atoms with E-state index in [1.807, 2.05) is 31.2 Å². The average molecular weight is 360 g/mol. The van der Waals surface area contributed by atoms with E-state index in [-0.39, 0.29) is 5.91 Å². The zero-order chi connectivity index (χ0) is 18.6. The van der Waals surface area contributed by atoms with E-state index in [0.717, 1.165) is 51.3 Å². The van der Waals surface area contributed by atoms with Crippen molar-refractivity contribution < 1.29 is 19.4 Å². The summed E-state index contributed by atoms with van der Waals surface area (Å²) >= 11 is 0. The van der Waals surface area contributed by atoms with Gasteiger partial charge >= 0.3 is 5.97 Å². The molecule has 1 aliphatic carbocycles. The zero-order valence-electron chi connectivity index (χ0n) is 15.4. The fourth-order valence-corrected chi connectivity index (χ4v) is 3.99. The summed E-state index contributed by atoms with van der Waals surface area (Å²) in [7, 11) is 0. The van der Waals surface area contributed by atoms with Gasteiger partial charge in [-0.2, -0.15) is 0 Å². The quantitative estimate of drug-likeness (QED) is 0.842. The molecule has 1 saturated carbocycles. The number of rotatable bonds is 5. The molecule has 0 bridgehead atoms. The molecule has 1 aromatic carbocycles. The number of carboxylic acid groups (broad SMARTS) is 1. The van der Waals surface area contributed by atoms with Gasteiger partial charge in [0.05, 0.1) is 24.7 Å². The first kappa shape index (κ1) is 18.9. The van der Waals surface area contributed by atoms with Crippen LogP contribution >= 0.6 is 0 Å². The van der Waals surface area contributed by atoms with Gasteiger partial charge in [-0.05, 0) is 37.5 Å². The Hall–Kier alpha value is -1.92. The van der Waals surface area contributed by atoms with Crippen molar-refractivity contribution in [2.75, 3.05) is 26.3 Å². The maximum atomic E-state index is 12.7. The molecule has 6 nitrogen and oxygen atoms in total. The number of morpholine rings is 1. The Labute approximate surface area is 154 Å². The standard InChI is InChI=1S/C20H28N2O4/c1-20(9-3-2-4-17(20)19(24)25)21-18(23)16-7-5-15(6-8-16)14-22-10-12-26-13-11-22/h5-8,17H,2-4,9-14H2,1H3,(H,21,23)(H,24,25). The topological polar surface area (TPSA) is 78.9 Å². The van der Waals surface area contributed by atoms with E-state index in [0.29, 0.717) is 18.4 Å². The number of nitrogens with zero attached hydrogens (tertiary/aromatic N) is 1. The summed E-state index contributed by atoms with van der Waals surface area (Å²) < 4.78 is 5.36. The van der Waals surface area contributed by atoms with Gasteiger partial charge in [0.2, 0.25) is 0 Å². The third-order valence-corrected chi connectivity index (χ3v) is 5.63. The van der Waals surface area contributed by atoms with Crippen LogP contribution in [0, 0.1) is 5.92 Å². The van der Waals surface area contributed by atoms with Crippen molar-refractivity contribution in [2.24, 2.45) is 5.92 Å². The molecule has 0 spiro atoms. The van der Waals surface area contributed by atoms with Crippen molar-refractivity contribution in [2.45, 2.75) is 44.7 Å². The van der Waals surface area contributed by atoms with Crippen LogP contribution in [0.4, 0.5) is 0 Å².